The number of carbonyl (C=O) groups excluding carboxylic acids is 2. The lowest BCUT2D eigenvalue weighted by Gasteiger charge is -2.32. The molecule has 23 heavy (non-hydrogen) atoms. The van der Waals surface area contributed by atoms with Gasteiger partial charge in [-0.2, -0.15) is 0 Å². The van der Waals surface area contributed by atoms with Crippen LogP contribution in [0.5, 0.6) is 0 Å². The number of nitrogens with zero attached hydrogens (tertiary/aromatic N) is 1. The minimum absolute atomic E-state index is 0.222. The smallest absolute Gasteiger partial charge is 0.251 e. The van der Waals surface area contributed by atoms with E-state index in [1.807, 2.05) is 0 Å². The van der Waals surface area contributed by atoms with Crippen LogP contribution in [0.3, 0.4) is 0 Å². The Morgan fingerprint density at radius 1 is 1.39 bits per heavy atom. The SMILES string of the molecule is CC(NC(=O)c1ccc(C#CC2CN(C=O)C2)cc1)C(C)(C)O. The molecule has 0 spiro atoms. The number of likely N-dealkylation sites (tertiary alicyclic amines) is 1. The van der Waals surface area contributed by atoms with E-state index in [9.17, 15) is 14.7 Å². The van der Waals surface area contributed by atoms with Gasteiger partial charge in [-0.15, -0.1) is 0 Å². The molecule has 1 atom stereocenters. The molecule has 1 aromatic carbocycles. The molecule has 0 aromatic heterocycles. The molecule has 5 nitrogen and oxygen atoms in total. The second-order valence-corrected chi connectivity index (χ2v) is 6.45. The number of hydrogen-bond donors (Lipinski definition) is 2. The zero-order valence-corrected chi connectivity index (χ0v) is 13.7. The summed E-state index contributed by atoms with van der Waals surface area (Å²) in [6.45, 7) is 6.45. The molecule has 2 rings (SSSR count). The topological polar surface area (TPSA) is 69.6 Å². The van der Waals surface area contributed by atoms with Crippen LogP contribution < -0.4 is 5.32 Å². The van der Waals surface area contributed by atoms with Crippen molar-refractivity contribution in [2.24, 2.45) is 5.92 Å². The molecule has 1 heterocycles. The lowest BCUT2D eigenvalue weighted by molar-refractivity contribution is -0.122. The summed E-state index contributed by atoms with van der Waals surface area (Å²) in [5, 5.41) is 12.6. The summed E-state index contributed by atoms with van der Waals surface area (Å²) in [6, 6.07) is 6.68. The summed E-state index contributed by atoms with van der Waals surface area (Å²) in [7, 11) is 0. The summed E-state index contributed by atoms with van der Waals surface area (Å²) in [5.41, 5.74) is 0.392. The molecule has 1 saturated heterocycles. The van der Waals surface area contributed by atoms with Gasteiger partial charge in [0.05, 0.1) is 17.6 Å². The van der Waals surface area contributed by atoms with Gasteiger partial charge in [-0.25, -0.2) is 0 Å². The fourth-order valence-corrected chi connectivity index (χ4v) is 2.04. The quantitative estimate of drug-likeness (QED) is 0.644. The van der Waals surface area contributed by atoms with E-state index >= 15 is 0 Å². The third-order valence-corrected chi connectivity index (χ3v) is 4.03. The van der Waals surface area contributed by atoms with Gasteiger partial charge in [0.25, 0.3) is 5.91 Å². The molecule has 0 bridgehead atoms. The first kappa shape index (κ1) is 17.0. The predicted octanol–water partition coefficient (Wildman–Crippen LogP) is 1.02. The summed E-state index contributed by atoms with van der Waals surface area (Å²) in [5.74, 6) is 6.18. The highest BCUT2D eigenvalue weighted by Crippen LogP contribution is 2.12. The first-order valence-electron chi connectivity index (χ1n) is 7.64. The Morgan fingerprint density at radius 2 is 2.00 bits per heavy atom. The minimum atomic E-state index is -0.973. The molecule has 1 fully saturated rings. The van der Waals surface area contributed by atoms with Crippen molar-refractivity contribution in [1.29, 1.82) is 0 Å². The molecule has 1 unspecified atom stereocenters. The van der Waals surface area contributed by atoms with Crippen molar-refractivity contribution in [3.8, 4) is 11.8 Å². The third kappa shape index (κ3) is 4.57. The van der Waals surface area contributed by atoms with Gasteiger partial charge in [-0.1, -0.05) is 11.8 Å². The number of carbonyl (C=O) groups is 2. The number of rotatable bonds is 4. The summed E-state index contributed by atoms with van der Waals surface area (Å²) in [4.78, 5) is 24.3. The number of nitrogens with one attached hydrogen (secondary N) is 1. The van der Waals surface area contributed by atoms with Crippen LogP contribution in [0.4, 0.5) is 0 Å². The van der Waals surface area contributed by atoms with Crippen LogP contribution in [0.15, 0.2) is 24.3 Å². The number of amides is 2. The van der Waals surface area contributed by atoms with Crippen molar-refractivity contribution >= 4 is 12.3 Å². The first-order valence-corrected chi connectivity index (χ1v) is 7.64. The van der Waals surface area contributed by atoms with E-state index in [4.69, 9.17) is 0 Å². The second-order valence-electron chi connectivity index (χ2n) is 6.45. The standard InChI is InChI=1S/C18H22N2O3/c1-13(18(2,3)23)19-17(22)16-8-6-14(7-9-16)4-5-15-10-20(11-15)12-21/h6-9,12-13,15,23H,10-11H2,1-3H3,(H,19,22). The summed E-state index contributed by atoms with van der Waals surface area (Å²) >= 11 is 0. The van der Waals surface area contributed by atoms with Crippen LogP contribution in [0.1, 0.15) is 36.7 Å². The fraction of sp³-hybridized carbons (Fsp3) is 0.444. The number of benzene rings is 1. The monoisotopic (exact) mass is 314 g/mol. The largest absolute Gasteiger partial charge is 0.388 e. The molecule has 1 aromatic rings. The molecule has 2 N–H and O–H groups in total. The van der Waals surface area contributed by atoms with Crippen LogP contribution >= 0.6 is 0 Å². The Kier molecular flexibility index (Phi) is 5.07. The van der Waals surface area contributed by atoms with Gasteiger partial charge in [-0.3, -0.25) is 9.59 Å². The molecule has 0 aliphatic carbocycles. The molecular weight excluding hydrogens is 292 g/mol. The van der Waals surface area contributed by atoms with Crippen LogP contribution in [0, 0.1) is 17.8 Å². The first-order chi connectivity index (χ1) is 10.8. The van der Waals surface area contributed by atoms with Crippen molar-refractivity contribution in [3.05, 3.63) is 35.4 Å². The lowest BCUT2D eigenvalue weighted by atomic mass is 10.00. The van der Waals surface area contributed by atoms with E-state index < -0.39 is 5.60 Å². The summed E-state index contributed by atoms with van der Waals surface area (Å²) in [6.07, 6.45) is 0.834. The fourth-order valence-electron chi connectivity index (χ4n) is 2.04. The van der Waals surface area contributed by atoms with Crippen molar-refractivity contribution in [3.63, 3.8) is 0 Å². The molecule has 122 valence electrons. The van der Waals surface area contributed by atoms with Gasteiger partial charge >= 0.3 is 0 Å². The molecule has 0 radical (unpaired) electrons. The zero-order chi connectivity index (χ0) is 17.0. The molecular formula is C18H22N2O3. The van der Waals surface area contributed by atoms with Crippen molar-refractivity contribution < 1.29 is 14.7 Å². The molecule has 0 saturated carbocycles. The van der Waals surface area contributed by atoms with E-state index in [0.29, 0.717) is 18.7 Å². The van der Waals surface area contributed by atoms with Gasteiger partial charge in [0, 0.05) is 24.2 Å². The van der Waals surface area contributed by atoms with Gasteiger partial charge in [-0.05, 0) is 45.0 Å². The van der Waals surface area contributed by atoms with E-state index in [0.717, 1.165) is 12.0 Å². The molecule has 5 heteroatoms. The highest BCUT2D eigenvalue weighted by atomic mass is 16.3. The molecule has 2 amide bonds. The van der Waals surface area contributed by atoms with Gasteiger partial charge in [0.1, 0.15) is 0 Å². The Bertz CT molecular complexity index is 629. The third-order valence-electron chi connectivity index (χ3n) is 4.03. The maximum Gasteiger partial charge on any atom is 0.251 e. The van der Waals surface area contributed by atoms with Gasteiger partial charge in [0.2, 0.25) is 6.41 Å². The number of aliphatic hydroxyl groups is 1. The van der Waals surface area contributed by atoms with E-state index in [1.165, 1.54) is 0 Å². The van der Waals surface area contributed by atoms with Crippen LogP contribution in [-0.4, -0.2) is 47.1 Å². The van der Waals surface area contributed by atoms with E-state index in [2.05, 4.69) is 17.2 Å². The average Bonchev–Trinajstić information content (AvgIpc) is 2.45. The van der Waals surface area contributed by atoms with Gasteiger partial charge < -0.3 is 15.3 Å². The Balaban J connectivity index is 1.93. The number of hydrogen-bond acceptors (Lipinski definition) is 3. The minimum Gasteiger partial charge on any atom is -0.388 e. The normalized spacial score (nSPS) is 15.9. The Labute approximate surface area is 136 Å². The summed E-state index contributed by atoms with van der Waals surface area (Å²) < 4.78 is 0. The second kappa shape index (κ2) is 6.84. The van der Waals surface area contributed by atoms with Crippen LogP contribution in [0.25, 0.3) is 0 Å². The van der Waals surface area contributed by atoms with E-state index in [1.54, 1.807) is 49.9 Å². The van der Waals surface area contributed by atoms with Crippen LogP contribution in [0.2, 0.25) is 0 Å². The van der Waals surface area contributed by atoms with Crippen LogP contribution in [-0.2, 0) is 4.79 Å². The lowest BCUT2D eigenvalue weighted by Crippen LogP contribution is -2.47. The van der Waals surface area contributed by atoms with Crippen molar-refractivity contribution in [2.45, 2.75) is 32.4 Å². The predicted molar refractivity (Wildman–Crippen MR) is 87.7 cm³/mol. The average molecular weight is 314 g/mol. The van der Waals surface area contributed by atoms with Crippen molar-refractivity contribution in [1.82, 2.24) is 10.2 Å². The Morgan fingerprint density at radius 3 is 2.52 bits per heavy atom. The highest BCUT2D eigenvalue weighted by molar-refractivity contribution is 5.94. The zero-order valence-electron chi connectivity index (χ0n) is 13.7. The van der Waals surface area contributed by atoms with E-state index in [-0.39, 0.29) is 17.9 Å². The Hall–Kier alpha value is -2.32. The highest BCUT2D eigenvalue weighted by Gasteiger charge is 2.24. The molecule has 1 aliphatic rings. The molecule has 1 aliphatic heterocycles. The van der Waals surface area contributed by atoms with Crippen molar-refractivity contribution in [2.75, 3.05) is 13.1 Å². The maximum absolute atomic E-state index is 12.1. The maximum atomic E-state index is 12.1. The van der Waals surface area contributed by atoms with Gasteiger partial charge in [0.15, 0.2) is 0 Å².